The molecule has 8 heteroatoms. The predicted molar refractivity (Wildman–Crippen MR) is 101 cm³/mol. The number of halogens is 1. The molecular weight excluding hydrogens is 398 g/mol. The maximum atomic E-state index is 12.2. The molecule has 1 N–H and O–H groups in total. The average Bonchev–Trinajstić information content (AvgIpc) is 3.30. The van der Waals surface area contributed by atoms with E-state index in [9.17, 15) is 4.79 Å². The van der Waals surface area contributed by atoms with Crippen molar-refractivity contribution in [2.45, 2.75) is 40.3 Å². The van der Waals surface area contributed by atoms with Gasteiger partial charge < -0.3 is 9.73 Å². The smallest absolute Gasteiger partial charge is 0.286 e. The number of carbonyl (C=O) groups excluding carboxylic acids is 1. The molecule has 0 spiro atoms. The van der Waals surface area contributed by atoms with E-state index in [1.165, 1.54) is 0 Å². The number of hydrogen-bond donors (Lipinski definition) is 1. The molecular formula is C18H22BrN5O2. The molecule has 0 aliphatic carbocycles. The molecule has 1 amide bonds. The third-order valence-electron chi connectivity index (χ3n) is 4.25. The summed E-state index contributed by atoms with van der Waals surface area (Å²) in [5, 5.41) is 11.6. The molecule has 0 unspecified atom stereocenters. The van der Waals surface area contributed by atoms with E-state index in [1.807, 2.05) is 42.3 Å². The summed E-state index contributed by atoms with van der Waals surface area (Å²) in [6, 6.07) is 5.47. The van der Waals surface area contributed by atoms with Crippen LogP contribution in [0.25, 0.3) is 0 Å². The van der Waals surface area contributed by atoms with E-state index in [2.05, 4.69) is 31.4 Å². The Balaban J connectivity index is 1.51. The van der Waals surface area contributed by atoms with Crippen LogP contribution >= 0.6 is 15.9 Å². The van der Waals surface area contributed by atoms with E-state index in [-0.39, 0.29) is 5.91 Å². The molecule has 0 aliphatic rings. The largest absolute Gasteiger partial charge is 0.454 e. The van der Waals surface area contributed by atoms with Crippen molar-refractivity contribution in [3.63, 3.8) is 0 Å². The SMILES string of the molecule is Cc1nn(Cc2ccc(C(=O)NCCCn3nccc3C)o2)c(C)c1Br. The van der Waals surface area contributed by atoms with E-state index in [1.54, 1.807) is 12.3 Å². The van der Waals surface area contributed by atoms with Crippen LogP contribution in [0.15, 0.2) is 33.3 Å². The zero-order valence-corrected chi connectivity index (χ0v) is 16.7. The van der Waals surface area contributed by atoms with Crippen molar-refractivity contribution in [3.8, 4) is 0 Å². The van der Waals surface area contributed by atoms with Gasteiger partial charge in [0, 0.05) is 25.0 Å². The van der Waals surface area contributed by atoms with Gasteiger partial charge >= 0.3 is 0 Å². The third kappa shape index (κ3) is 4.07. The van der Waals surface area contributed by atoms with Crippen LogP contribution in [0.1, 0.15) is 39.8 Å². The summed E-state index contributed by atoms with van der Waals surface area (Å²) >= 11 is 3.51. The highest BCUT2D eigenvalue weighted by Crippen LogP contribution is 2.21. The first-order valence-corrected chi connectivity index (χ1v) is 9.30. The summed E-state index contributed by atoms with van der Waals surface area (Å²) in [4.78, 5) is 12.2. The van der Waals surface area contributed by atoms with Crippen molar-refractivity contribution in [1.29, 1.82) is 0 Å². The maximum Gasteiger partial charge on any atom is 0.286 e. The van der Waals surface area contributed by atoms with Crippen LogP contribution < -0.4 is 5.32 Å². The van der Waals surface area contributed by atoms with Crippen molar-refractivity contribution in [3.05, 3.63) is 57.5 Å². The summed E-state index contributed by atoms with van der Waals surface area (Å²) in [5.74, 6) is 0.805. The molecule has 3 aromatic heterocycles. The van der Waals surface area contributed by atoms with Crippen molar-refractivity contribution in [1.82, 2.24) is 24.9 Å². The monoisotopic (exact) mass is 419 g/mol. The highest BCUT2D eigenvalue weighted by molar-refractivity contribution is 9.10. The van der Waals surface area contributed by atoms with Crippen molar-refractivity contribution >= 4 is 21.8 Å². The molecule has 0 fully saturated rings. The molecule has 3 heterocycles. The van der Waals surface area contributed by atoms with Crippen LogP contribution in [0.2, 0.25) is 0 Å². The second-order valence-corrected chi connectivity index (χ2v) is 7.01. The molecule has 0 atom stereocenters. The van der Waals surface area contributed by atoms with Gasteiger partial charge in [0.1, 0.15) is 5.76 Å². The maximum absolute atomic E-state index is 12.2. The summed E-state index contributed by atoms with van der Waals surface area (Å²) in [6.07, 6.45) is 2.58. The fourth-order valence-corrected chi connectivity index (χ4v) is 3.00. The Morgan fingerprint density at radius 1 is 1.23 bits per heavy atom. The fraction of sp³-hybridized carbons (Fsp3) is 0.389. The zero-order chi connectivity index (χ0) is 18.7. The number of furan rings is 1. The Morgan fingerprint density at radius 3 is 2.69 bits per heavy atom. The second kappa shape index (κ2) is 7.90. The van der Waals surface area contributed by atoms with Gasteiger partial charge in [-0.1, -0.05) is 0 Å². The summed E-state index contributed by atoms with van der Waals surface area (Å²) in [6.45, 7) is 7.77. The number of amides is 1. The van der Waals surface area contributed by atoms with E-state index in [0.29, 0.717) is 24.6 Å². The summed E-state index contributed by atoms with van der Waals surface area (Å²) in [7, 11) is 0. The van der Waals surface area contributed by atoms with Gasteiger partial charge in [0.05, 0.1) is 22.4 Å². The van der Waals surface area contributed by atoms with Gasteiger partial charge in [0.25, 0.3) is 5.91 Å². The van der Waals surface area contributed by atoms with E-state index in [4.69, 9.17) is 4.42 Å². The van der Waals surface area contributed by atoms with Gasteiger partial charge in [-0.05, 0) is 61.3 Å². The topological polar surface area (TPSA) is 77.9 Å². The Bertz CT molecular complexity index is 909. The fourth-order valence-electron chi connectivity index (χ4n) is 2.71. The lowest BCUT2D eigenvalue weighted by Crippen LogP contribution is -2.25. The molecule has 3 rings (SSSR count). The Labute approximate surface area is 160 Å². The van der Waals surface area contributed by atoms with Crippen molar-refractivity contribution in [2.24, 2.45) is 0 Å². The van der Waals surface area contributed by atoms with E-state index in [0.717, 1.165) is 34.5 Å². The van der Waals surface area contributed by atoms with Gasteiger partial charge in [-0.3, -0.25) is 14.2 Å². The Kier molecular flexibility index (Phi) is 5.61. The van der Waals surface area contributed by atoms with Crippen LogP contribution in [0.5, 0.6) is 0 Å². The normalized spacial score (nSPS) is 11.1. The second-order valence-electron chi connectivity index (χ2n) is 6.21. The van der Waals surface area contributed by atoms with Crippen LogP contribution in [-0.4, -0.2) is 32.0 Å². The number of carbonyl (C=O) groups is 1. The van der Waals surface area contributed by atoms with Crippen LogP contribution in [0.3, 0.4) is 0 Å². The highest BCUT2D eigenvalue weighted by Gasteiger charge is 2.14. The van der Waals surface area contributed by atoms with Gasteiger partial charge in [-0.2, -0.15) is 10.2 Å². The van der Waals surface area contributed by atoms with Crippen LogP contribution in [0.4, 0.5) is 0 Å². The number of rotatable bonds is 7. The molecule has 0 saturated carbocycles. The van der Waals surface area contributed by atoms with Crippen molar-refractivity contribution in [2.75, 3.05) is 6.54 Å². The summed E-state index contributed by atoms with van der Waals surface area (Å²) < 4.78 is 10.4. The number of aryl methyl sites for hydroxylation is 3. The highest BCUT2D eigenvalue weighted by atomic mass is 79.9. The lowest BCUT2D eigenvalue weighted by atomic mass is 10.3. The first-order valence-electron chi connectivity index (χ1n) is 8.50. The first kappa shape index (κ1) is 18.4. The number of hydrogen-bond acceptors (Lipinski definition) is 4. The Hall–Kier alpha value is -2.35. The molecule has 0 aromatic carbocycles. The molecule has 26 heavy (non-hydrogen) atoms. The van der Waals surface area contributed by atoms with Crippen molar-refractivity contribution < 1.29 is 9.21 Å². The first-order chi connectivity index (χ1) is 12.5. The standard InChI is InChI=1S/C18H22BrN5O2/c1-12-7-9-21-23(12)10-4-8-20-18(25)16-6-5-15(26-16)11-24-14(3)17(19)13(2)22-24/h5-7,9H,4,8,10-11H2,1-3H3,(H,20,25). The number of nitrogens with zero attached hydrogens (tertiary/aromatic N) is 4. The average molecular weight is 420 g/mol. The van der Waals surface area contributed by atoms with Gasteiger partial charge in [0.2, 0.25) is 0 Å². The lowest BCUT2D eigenvalue weighted by molar-refractivity contribution is 0.0923. The molecule has 7 nitrogen and oxygen atoms in total. The number of nitrogens with one attached hydrogen (secondary N) is 1. The van der Waals surface area contributed by atoms with E-state index < -0.39 is 0 Å². The van der Waals surface area contributed by atoms with Crippen LogP contribution in [0, 0.1) is 20.8 Å². The minimum absolute atomic E-state index is 0.206. The van der Waals surface area contributed by atoms with Crippen LogP contribution in [-0.2, 0) is 13.1 Å². The quantitative estimate of drug-likeness (QED) is 0.596. The summed E-state index contributed by atoms with van der Waals surface area (Å²) in [5.41, 5.74) is 3.07. The molecule has 0 aliphatic heterocycles. The predicted octanol–water partition coefficient (Wildman–Crippen LogP) is 3.23. The molecule has 0 radical (unpaired) electrons. The lowest BCUT2D eigenvalue weighted by Gasteiger charge is -2.05. The molecule has 0 saturated heterocycles. The van der Waals surface area contributed by atoms with E-state index >= 15 is 0 Å². The van der Waals surface area contributed by atoms with Gasteiger partial charge in [0.15, 0.2) is 5.76 Å². The number of aromatic nitrogens is 4. The Morgan fingerprint density at radius 2 is 2.04 bits per heavy atom. The third-order valence-corrected chi connectivity index (χ3v) is 5.39. The molecule has 3 aromatic rings. The molecule has 0 bridgehead atoms. The minimum atomic E-state index is -0.206. The minimum Gasteiger partial charge on any atom is -0.454 e. The van der Waals surface area contributed by atoms with Gasteiger partial charge in [-0.15, -0.1) is 0 Å². The van der Waals surface area contributed by atoms with Gasteiger partial charge in [-0.25, -0.2) is 0 Å². The zero-order valence-electron chi connectivity index (χ0n) is 15.1. The molecule has 138 valence electrons.